The van der Waals surface area contributed by atoms with Gasteiger partial charge in [-0.2, -0.15) is 0 Å². The van der Waals surface area contributed by atoms with Crippen LogP contribution in [-0.2, 0) is 4.74 Å². The van der Waals surface area contributed by atoms with Crippen molar-refractivity contribution in [2.45, 2.75) is 6.04 Å². The molecule has 1 aliphatic heterocycles. The average molecular weight is 462 g/mol. The van der Waals surface area contributed by atoms with E-state index in [-0.39, 0.29) is 17.1 Å². The van der Waals surface area contributed by atoms with Gasteiger partial charge in [0.05, 0.1) is 23.6 Å². The molecule has 1 aromatic heterocycles. The number of methoxy groups -OCH3 is 1. The molecule has 6 nitrogen and oxygen atoms in total. The predicted octanol–water partition coefficient (Wildman–Crippen LogP) is 5.43. The van der Waals surface area contributed by atoms with Crippen LogP contribution in [0.2, 0.25) is 5.02 Å². The van der Waals surface area contributed by atoms with Crippen molar-refractivity contribution in [2.24, 2.45) is 0 Å². The fourth-order valence-corrected chi connectivity index (χ4v) is 4.30. The molecule has 1 unspecified atom stereocenters. The van der Waals surface area contributed by atoms with Crippen molar-refractivity contribution < 1.29 is 18.7 Å². The Balaban J connectivity index is 1.65. The quantitative estimate of drug-likeness (QED) is 0.383. The third-order valence-corrected chi connectivity index (χ3v) is 5.85. The zero-order chi connectivity index (χ0) is 22.9. The topological polar surface area (TPSA) is 69.0 Å². The van der Waals surface area contributed by atoms with Gasteiger partial charge in [0.1, 0.15) is 17.1 Å². The maximum atomic E-state index is 13.5. The second-order valence-corrected chi connectivity index (χ2v) is 8.13. The number of benzene rings is 3. The van der Waals surface area contributed by atoms with E-state index in [2.05, 4.69) is 0 Å². The molecule has 0 N–H and O–H groups in total. The second-order valence-electron chi connectivity index (χ2n) is 7.70. The number of rotatable bonds is 6. The summed E-state index contributed by atoms with van der Waals surface area (Å²) in [6, 6.07) is 20.9. The van der Waals surface area contributed by atoms with Crippen molar-refractivity contribution in [3.05, 3.63) is 105 Å². The smallest absolute Gasteiger partial charge is 0.290 e. The molecule has 0 bridgehead atoms. The number of amides is 1. The first-order valence-corrected chi connectivity index (χ1v) is 10.8. The highest BCUT2D eigenvalue weighted by molar-refractivity contribution is 6.31. The van der Waals surface area contributed by atoms with E-state index in [1.807, 2.05) is 54.6 Å². The number of nitrogens with zero attached hydrogens (tertiary/aromatic N) is 1. The molecule has 5 rings (SSSR count). The SMILES string of the molecule is COCCN1C(=O)c2oc3ccc(Cl)cc3c(=O)c2C1c1cccc(Oc2ccccc2)c1. The van der Waals surface area contributed by atoms with Crippen LogP contribution in [0.15, 0.2) is 82.0 Å². The molecule has 7 heteroatoms. The summed E-state index contributed by atoms with van der Waals surface area (Å²) in [5.74, 6) is 0.981. The van der Waals surface area contributed by atoms with Gasteiger partial charge in [-0.3, -0.25) is 9.59 Å². The first-order valence-electron chi connectivity index (χ1n) is 10.5. The standard InChI is InChI=1S/C26H20ClNO5/c1-31-13-12-28-23(16-6-5-9-19(14-16)32-18-7-3-2-4-8-18)22-24(29)20-15-17(27)10-11-21(20)33-25(22)26(28)30/h2-11,14-15,23H,12-13H2,1H3. The Kier molecular flexibility index (Phi) is 5.62. The summed E-state index contributed by atoms with van der Waals surface area (Å²) in [6.07, 6.45) is 0. The molecule has 0 saturated heterocycles. The van der Waals surface area contributed by atoms with Crippen LogP contribution < -0.4 is 10.2 Å². The minimum Gasteiger partial charge on any atom is -0.457 e. The van der Waals surface area contributed by atoms with Gasteiger partial charge in [-0.1, -0.05) is 41.9 Å². The van der Waals surface area contributed by atoms with E-state index in [1.165, 1.54) is 0 Å². The summed E-state index contributed by atoms with van der Waals surface area (Å²) in [5, 5.41) is 0.759. The molecule has 2 heterocycles. The van der Waals surface area contributed by atoms with E-state index in [0.717, 1.165) is 5.56 Å². The van der Waals surface area contributed by atoms with Crippen LogP contribution in [0.4, 0.5) is 0 Å². The highest BCUT2D eigenvalue weighted by atomic mass is 35.5. The minimum absolute atomic E-state index is 0.0466. The lowest BCUT2D eigenvalue weighted by atomic mass is 9.98. The molecule has 1 atom stereocenters. The molecule has 3 aromatic carbocycles. The lowest BCUT2D eigenvalue weighted by Gasteiger charge is -2.25. The van der Waals surface area contributed by atoms with E-state index in [0.29, 0.717) is 46.2 Å². The molecule has 0 radical (unpaired) electrons. The highest BCUT2D eigenvalue weighted by Crippen LogP contribution is 2.39. The first kappa shape index (κ1) is 21.2. The largest absolute Gasteiger partial charge is 0.457 e. The van der Waals surface area contributed by atoms with Crippen LogP contribution in [0.3, 0.4) is 0 Å². The van der Waals surface area contributed by atoms with Crippen molar-refractivity contribution in [3.63, 3.8) is 0 Å². The van der Waals surface area contributed by atoms with Crippen LogP contribution in [0.1, 0.15) is 27.7 Å². The highest BCUT2D eigenvalue weighted by Gasteiger charge is 2.42. The lowest BCUT2D eigenvalue weighted by Crippen LogP contribution is -2.32. The summed E-state index contributed by atoms with van der Waals surface area (Å²) in [4.78, 5) is 28.4. The van der Waals surface area contributed by atoms with E-state index in [4.69, 9.17) is 25.5 Å². The summed E-state index contributed by atoms with van der Waals surface area (Å²) < 4.78 is 17.1. The summed E-state index contributed by atoms with van der Waals surface area (Å²) in [5.41, 5.74) is 1.08. The Morgan fingerprint density at radius 3 is 2.55 bits per heavy atom. The third kappa shape index (κ3) is 3.88. The Morgan fingerprint density at radius 1 is 0.970 bits per heavy atom. The fourth-order valence-electron chi connectivity index (χ4n) is 4.13. The van der Waals surface area contributed by atoms with Gasteiger partial charge >= 0.3 is 0 Å². The van der Waals surface area contributed by atoms with Gasteiger partial charge in [0.2, 0.25) is 5.76 Å². The molecule has 33 heavy (non-hydrogen) atoms. The molecule has 1 amide bonds. The molecule has 0 spiro atoms. The van der Waals surface area contributed by atoms with Gasteiger partial charge in [-0.25, -0.2) is 0 Å². The van der Waals surface area contributed by atoms with E-state index >= 15 is 0 Å². The van der Waals surface area contributed by atoms with Gasteiger partial charge in [0.25, 0.3) is 5.91 Å². The molecule has 0 fully saturated rings. The molecule has 0 saturated carbocycles. The zero-order valence-electron chi connectivity index (χ0n) is 17.8. The number of carbonyl (C=O) groups excluding carboxylic acids is 1. The summed E-state index contributed by atoms with van der Waals surface area (Å²) in [6.45, 7) is 0.612. The van der Waals surface area contributed by atoms with Crippen LogP contribution in [0, 0.1) is 0 Å². The molecule has 166 valence electrons. The zero-order valence-corrected chi connectivity index (χ0v) is 18.5. The Bertz CT molecular complexity index is 1400. The van der Waals surface area contributed by atoms with Crippen molar-refractivity contribution in [1.82, 2.24) is 4.90 Å². The molecular weight excluding hydrogens is 442 g/mol. The lowest BCUT2D eigenvalue weighted by molar-refractivity contribution is 0.0663. The minimum atomic E-state index is -0.637. The Morgan fingerprint density at radius 2 is 1.76 bits per heavy atom. The summed E-state index contributed by atoms with van der Waals surface area (Å²) in [7, 11) is 1.57. The maximum Gasteiger partial charge on any atom is 0.290 e. The summed E-state index contributed by atoms with van der Waals surface area (Å²) >= 11 is 6.13. The maximum absolute atomic E-state index is 13.5. The van der Waals surface area contributed by atoms with Crippen LogP contribution in [0.5, 0.6) is 11.5 Å². The molecule has 1 aliphatic rings. The van der Waals surface area contributed by atoms with Gasteiger partial charge < -0.3 is 18.8 Å². The van der Waals surface area contributed by atoms with E-state index in [9.17, 15) is 9.59 Å². The number of fused-ring (bicyclic) bond motifs is 2. The van der Waals surface area contributed by atoms with Crippen LogP contribution in [-0.4, -0.2) is 31.1 Å². The van der Waals surface area contributed by atoms with Gasteiger partial charge in [0.15, 0.2) is 5.43 Å². The van der Waals surface area contributed by atoms with Crippen molar-refractivity contribution >= 4 is 28.5 Å². The van der Waals surface area contributed by atoms with Crippen molar-refractivity contribution in [2.75, 3.05) is 20.3 Å². The van der Waals surface area contributed by atoms with Crippen LogP contribution in [0.25, 0.3) is 11.0 Å². The normalized spacial score (nSPS) is 15.2. The number of hydrogen-bond donors (Lipinski definition) is 0. The number of ether oxygens (including phenoxy) is 2. The van der Waals surface area contributed by atoms with Crippen molar-refractivity contribution in [1.29, 1.82) is 0 Å². The van der Waals surface area contributed by atoms with Gasteiger partial charge in [-0.05, 0) is 48.0 Å². The second kappa shape index (κ2) is 8.73. The van der Waals surface area contributed by atoms with E-state index in [1.54, 1.807) is 30.2 Å². The van der Waals surface area contributed by atoms with Gasteiger partial charge in [0, 0.05) is 18.7 Å². The number of halogens is 1. The number of hydrogen-bond acceptors (Lipinski definition) is 5. The molecule has 0 aliphatic carbocycles. The monoisotopic (exact) mass is 461 g/mol. The van der Waals surface area contributed by atoms with E-state index < -0.39 is 6.04 Å². The Hall–Kier alpha value is -3.61. The predicted molar refractivity (Wildman–Crippen MR) is 125 cm³/mol. The number of para-hydroxylation sites is 1. The number of carbonyl (C=O) groups is 1. The third-order valence-electron chi connectivity index (χ3n) is 5.62. The average Bonchev–Trinajstić information content (AvgIpc) is 3.11. The van der Waals surface area contributed by atoms with Crippen molar-refractivity contribution in [3.8, 4) is 11.5 Å². The Labute approximate surface area is 194 Å². The fraction of sp³-hybridized carbons (Fsp3) is 0.154. The first-order chi connectivity index (χ1) is 16.1. The molecular formula is C26H20ClNO5. The van der Waals surface area contributed by atoms with Crippen LogP contribution >= 0.6 is 11.6 Å². The van der Waals surface area contributed by atoms with Gasteiger partial charge in [-0.15, -0.1) is 0 Å². The molecule has 4 aromatic rings.